The first kappa shape index (κ1) is 18.3. The molecule has 0 aliphatic carbocycles. The van der Waals surface area contributed by atoms with Gasteiger partial charge in [0.25, 0.3) is 0 Å². The van der Waals surface area contributed by atoms with E-state index in [-0.39, 0.29) is 11.2 Å². The summed E-state index contributed by atoms with van der Waals surface area (Å²) < 4.78 is 17.0. The molecule has 2 aromatic carbocycles. The summed E-state index contributed by atoms with van der Waals surface area (Å²) >= 11 is 6.17. The molecule has 1 aromatic heterocycles. The predicted molar refractivity (Wildman–Crippen MR) is 104 cm³/mol. The Hall–Kier alpha value is -2.46. The molecule has 0 unspecified atom stereocenters. The van der Waals surface area contributed by atoms with E-state index in [1.165, 1.54) is 6.26 Å². The van der Waals surface area contributed by atoms with E-state index in [0.29, 0.717) is 34.1 Å². The van der Waals surface area contributed by atoms with Gasteiger partial charge in [-0.25, -0.2) is 0 Å². The van der Waals surface area contributed by atoms with Crippen LogP contribution in [0.4, 0.5) is 0 Å². The van der Waals surface area contributed by atoms with Crippen LogP contribution in [0.15, 0.2) is 45.8 Å². The van der Waals surface area contributed by atoms with Gasteiger partial charge < -0.3 is 13.9 Å². The Balaban J connectivity index is 1.90. The van der Waals surface area contributed by atoms with E-state index in [9.17, 15) is 4.79 Å². The topological polar surface area (TPSA) is 48.7 Å². The highest BCUT2D eigenvalue weighted by molar-refractivity contribution is 6.32. The van der Waals surface area contributed by atoms with Crippen molar-refractivity contribution in [1.82, 2.24) is 0 Å². The molecular weight excluding hydrogens is 352 g/mol. The highest BCUT2D eigenvalue weighted by Gasteiger charge is 2.12. The van der Waals surface area contributed by atoms with Crippen molar-refractivity contribution in [2.24, 2.45) is 0 Å². The zero-order valence-electron chi connectivity index (χ0n) is 15.1. The summed E-state index contributed by atoms with van der Waals surface area (Å²) in [5.41, 5.74) is 2.03. The Kier molecular flexibility index (Phi) is 5.52. The van der Waals surface area contributed by atoms with Gasteiger partial charge in [0.15, 0.2) is 0 Å². The minimum Gasteiger partial charge on any atom is -0.493 e. The van der Waals surface area contributed by atoms with Gasteiger partial charge in [-0.2, -0.15) is 0 Å². The number of hydrogen-bond donors (Lipinski definition) is 0. The first-order chi connectivity index (χ1) is 12.5. The number of hydrogen-bond acceptors (Lipinski definition) is 4. The molecule has 0 amide bonds. The van der Waals surface area contributed by atoms with Gasteiger partial charge >= 0.3 is 0 Å². The average Bonchev–Trinajstić information content (AvgIpc) is 2.62. The van der Waals surface area contributed by atoms with Gasteiger partial charge in [-0.15, -0.1) is 0 Å². The zero-order chi connectivity index (χ0) is 18.7. The van der Waals surface area contributed by atoms with Gasteiger partial charge in [-0.05, 0) is 55.7 Å². The molecule has 0 aliphatic heterocycles. The maximum Gasteiger partial charge on any atom is 0.235 e. The van der Waals surface area contributed by atoms with Crippen LogP contribution in [0.5, 0.6) is 17.2 Å². The molecule has 0 spiro atoms. The van der Waals surface area contributed by atoms with Crippen molar-refractivity contribution in [1.29, 1.82) is 0 Å². The molecule has 136 valence electrons. The van der Waals surface area contributed by atoms with E-state index in [2.05, 4.69) is 6.92 Å². The van der Waals surface area contributed by atoms with Crippen LogP contribution in [-0.4, -0.2) is 6.61 Å². The Labute approximate surface area is 157 Å². The molecule has 3 rings (SSSR count). The molecule has 3 aromatic rings. The number of fused-ring (bicyclic) bond motifs is 1. The van der Waals surface area contributed by atoms with Crippen LogP contribution in [0.3, 0.4) is 0 Å². The predicted octanol–water partition coefficient (Wildman–Crippen LogP) is 6.03. The number of aryl methyl sites for hydroxylation is 2. The quantitative estimate of drug-likeness (QED) is 0.495. The lowest BCUT2D eigenvalue weighted by Crippen LogP contribution is -2.05. The minimum absolute atomic E-state index is 0.137. The SMILES string of the molecule is CCCCOc1ccc2c(=O)c(Oc3cc(C)c(Cl)c(C)c3)coc2c1. The molecule has 0 saturated carbocycles. The fourth-order valence-electron chi connectivity index (χ4n) is 2.68. The van der Waals surface area contributed by atoms with Crippen molar-refractivity contribution in [3.05, 3.63) is 63.0 Å². The maximum atomic E-state index is 12.7. The number of ether oxygens (including phenoxy) is 2. The Bertz CT molecular complexity index is 968. The molecule has 5 heteroatoms. The van der Waals surface area contributed by atoms with Gasteiger partial charge in [0, 0.05) is 11.1 Å². The lowest BCUT2D eigenvalue weighted by atomic mass is 10.1. The van der Waals surface area contributed by atoms with Crippen LogP contribution in [0.2, 0.25) is 5.02 Å². The summed E-state index contributed by atoms with van der Waals surface area (Å²) in [4.78, 5) is 12.7. The van der Waals surface area contributed by atoms with Gasteiger partial charge in [0.05, 0.1) is 12.0 Å². The zero-order valence-corrected chi connectivity index (χ0v) is 15.9. The molecule has 1 heterocycles. The highest BCUT2D eigenvalue weighted by atomic mass is 35.5. The first-order valence-corrected chi connectivity index (χ1v) is 9.00. The van der Waals surface area contributed by atoms with Gasteiger partial charge in [-0.1, -0.05) is 24.9 Å². The number of benzene rings is 2. The van der Waals surface area contributed by atoms with Crippen molar-refractivity contribution in [3.8, 4) is 17.2 Å². The molecule has 0 N–H and O–H groups in total. The molecule has 0 fully saturated rings. The fourth-order valence-corrected chi connectivity index (χ4v) is 2.79. The summed E-state index contributed by atoms with van der Waals surface area (Å²) in [6.45, 7) is 6.53. The van der Waals surface area contributed by atoms with Crippen molar-refractivity contribution in [2.45, 2.75) is 33.6 Å². The van der Waals surface area contributed by atoms with Crippen LogP contribution < -0.4 is 14.9 Å². The van der Waals surface area contributed by atoms with E-state index in [1.54, 1.807) is 30.3 Å². The number of rotatable bonds is 6. The third-order valence-electron chi connectivity index (χ3n) is 4.12. The monoisotopic (exact) mass is 372 g/mol. The van der Waals surface area contributed by atoms with Crippen molar-refractivity contribution in [3.63, 3.8) is 0 Å². The minimum atomic E-state index is -0.225. The van der Waals surface area contributed by atoms with E-state index in [1.807, 2.05) is 13.8 Å². The molecule has 0 radical (unpaired) electrons. The van der Waals surface area contributed by atoms with Crippen molar-refractivity contribution < 1.29 is 13.9 Å². The summed E-state index contributed by atoms with van der Waals surface area (Å²) in [5, 5.41) is 1.14. The van der Waals surface area contributed by atoms with Crippen molar-refractivity contribution in [2.75, 3.05) is 6.61 Å². The van der Waals surface area contributed by atoms with E-state index < -0.39 is 0 Å². The average molecular weight is 373 g/mol. The molecule has 0 bridgehead atoms. The van der Waals surface area contributed by atoms with Crippen LogP contribution in [0, 0.1) is 13.8 Å². The summed E-state index contributed by atoms with van der Waals surface area (Å²) in [6, 6.07) is 8.79. The maximum absolute atomic E-state index is 12.7. The summed E-state index contributed by atoms with van der Waals surface area (Å²) in [7, 11) is 0. The fraction of sp³-hybridized carbons (Fsp3) is 0.286. The Morgan fingerprint density at radius 1 is 1.08 bits per heavy atom. The second-order valence-electron chi connectivity index (χ2n) is 6.26. The highest BCUT2D eigenvalue weighted by Crippen LogP contribution is 2.29. The first-order valence-electron chi connectivity index (χ1n) is 8.62. The van der Waals surface area contributed by atoms with Crippen LogP contribution in [0.1, 0.15) is 30.9 Å². The third kappa shape index (κ3) is 3.86. The molecular formula is C21H21ClO4. The van der Waals surface area contributed by atoms with Gasteiger partial charge in [0.2, 0.25) is 11.2 Å². The largest absolute Gasteiger partial charge is 0.493 e. The third-order valence-corrected chi connectivity index (χ3v) is 4.71. The van der Waals surface area contributed by atoms with Gasteiger partial charge in [-0.3, -0.25) is 4.79 Å². The van der Waals surface area contributed by atoms with E-state index in [4.69, 9.17) is 25.5 Å². The van der Waals surface area contributed by atoms with Crippen LogP contribution in [-0.2, 0) is 0 Å². The number of unbranched alkanes of at least 4 members (excludes halogenated alkanes) is 1. The normalized spacial score (nSPS) is 10.9. The lowest BCUT2D eigenvalue weighted by molar-refractivity contribution is 0.309. The second kappa shape index (κ2) is 7.83. The molecule has 26 heavy (non-hydrogen) atoms. The lowest BCUT2D eigenvalue weighted by Gasteiger charge is -2.10. The molecule has 0 atom stereocenters. The summed E-state index contributed by atoms with van der Waals surface area (Å²) in [5.74, 6) is 1.38. The van der Waals surface area contributed by atoms with E-state index in [0.717, 1.165) is 24.0 Å². The molecule has 0 aliphatic rings. The smallest absolute Gasteiger partial charge is 0.235 e. The number of halogens is 1. The Morgan fingerprint density at radius 2 is 1.81 bits per heavy atom. The van der Waals surface area contributed by atoms with Crippen LogP contribution >= 0.6 is 11.6 Å². The van der Waals surface area contributed by atoms with Crippen molar-refractivity contribution >= 4 is 22.6 Å². The molecule has 0 saturated heterocycles. The van der Waals surface area contributed by atoms with Crippen LogP contribution in [0.25, 0.3) is 11.0 Å². The Morgan fingerprint density at radius 3 is 2.50 bits per heavy atom. The molecule has 4 nitrogen and oxygen atoms in total. The second-order valence-corrected chi connectivity index (χ2v) is 6.64. The standard InChI is InChI=1S/C21H21ClO4/c1-4-5-8-24-15-6-7-17-18(11-15)25-12-19(21(17)23)26-16-9-13(2)20(22)14(3)10-16/h6-7,9-12H,4-5,8H2,1-3H3. The summed E-state index contributed by atoms with van der Waals surface area (Å²) in [6.07, 6.45) is 3.38. The van der Waals surface area contributed by atoms with Gasteiger partial charge in [0.1, 0.15) is 23.3 Å². The van der Waals surface area contributed by atoms with E-state index >= 15 is 0 Å².